The lowest BCUT2D eigenvalue weighted by Crippen LogP contribution is -2.50. The van der Waals surface area contributed by atoms with Gasteiger partial charge in [-0.15, -0.1) is 0 Å². The number of piperazine rings is 1. The van der Waals surface area contributed by atoms with Crippen LogP contribution in [-0.2, 0) is 19.6 Å². The SMILES string of the molecule is CCOC(=O)N1CCN(C(=O)CCCN(c2ccccc2C)S(C)(=O)=O)CC1. The molecule has 0 bridgehead atoms. The molecule has 1 fully saturated rings. The molecule has 28 heavy (non-hydrogen) atoms. The molecular formula is C19H29N3O5S. The molecule has 1 saturated heterocycles. The van der Waals surface area contributed by atoms with E-state index in [0.717, 1.165) is 5.56 Å². The summed E-state index contributed by atoms with van der Waals surface area (Å²) in [5.41, 5.74) is 1.51. The van der Waals surface area contributed by atoms with Gasteiger partial charge < -0.3 is 14.5 Å². The summed E-state index contributed by atoms with van der Waals surface area (Å²) >= 11 is 0. The number of rotatable bonds is 7. The molecule has 1 aliphatic rings. The first kappa shape index (κ1) is 22.0. The molecule has 0 spiro atoms. The monoisotopic (exact) mass is 411 g/mol. The van der Waals surface area contributed by atoms with Gasteiger partial charge >= 0.3 is 6.09 Å². The van der Waals surface area contributed by atoms with Gasteiger partial charge in [0.15, 0.2) is 0 Å². The number of amides is 2. The first-order valence-corrected chi connectivity index (χ1v) is 11.3. The van der Waals surface area contributed by atoms with Crippen molar-refractivity contribution in [2.24, 2.45) is 0 Å². The molecular weight excluding hydrogens is 382 g/mol. The van der Waals surface area contributed by atoms with Crippen LogP contribution in [0.1, 0.15) is 25.3 Å². The Hall–Kier alpha value is -2.29. The van der Waals surface area contributed by atoms with Crippen molar-refractivity contribution in [2.45, 2.75) is 26.7 Å². The van der Waals surface area contributed by atoms with Crippen LogP contribution in [0.2, 0.25) is 0 Å². The van der Waals surface area contributed by atoms with Gasteiger partial charge in [0.05, 0.1) is 18.6 Å². The lowest BCUT2D eigenvalue weighted by molar-refractivity contribution is -0.132. The van der Waals surface area contributed by atoms with Crippen molar-refractivity contribution >= 4 is 27.7 Å². The van der Waals surface area contributed by atoms with E-state index in [0.29, 0.717) is 44.9 Å². The molecule has 2 rings (SSSR count). The van der Waals surface area contributed by atoms with Crippen LogP contribution in [0.15, 0.2) is 24.3 Å². The molecule has 0 unspecified atom stereocenters. The number of nitrogens with zero attached hydrogens (tertiary/aromatic N) is 3. The highest BCUT2D eigenvalue weighted by atomic mass is 32.2. The predicted octanol–water partition coefficient (Wildman–Crippen LogP) is 1.84. The maximum absolute atomic E-state index is 12.5. The topological polar surface area (TPSA) is 87.2 Å². The fraction of sp³-hybridized carbons (Fsp3) is 0.579. The summed E-state index contributed by atoms with van der Waals surface area (Å²) in [4.78, 5) is 27.5. The Morgan fingerprint density at radius 3 is 2.29 bits per heavy atom. The Bertz CT molecular complexity index is 789. The Balaban J connectivity index is 1.87. The summed E-state index contributed by atoms with van der Waals surface area (Å²) in [6.45, 7) is 6.02. The Morgan fingerprint density at radius 2 is 1.71 bits per heavy atom. The third-order valence-electron chi connectivity index (χ3n) is 4.69. The van der Waals surface area contributed by atoms with Gasteiger partial charge in [0.2, 0.25) is 15.9 Å². The van der Waals surface area contributed by atoms with Crippen LogP contribution in [0.3, 0.4) is 0 Å². The van der Waals surface area contributed by atoms with E-state index in [1.54, 1.807) is 28.9 Å². The highest BCUT2D eigenvalue weighted by Gasteiger charge is 2.25. The molecule has 1 heterocycles. The zero-order valence-electron chi connectivity index (χ0n) is 16.8. The van der Waals surface area contributed by atoms with Crippen molar-refractivity contribution in [1.29, 1.82) is 0 Å². The zero-order chi connectivity index (χ0) is 20.7. The number of para-hydroxylation sites is 1. The third-order valence-corrected chi connectivity index (χ3v) is 5.87. The summed E-state index contributed by atoms with van der Waals surface area (Å²) in [6.07, 6.45) is 1.52. The molecule has 1 aromatic rings. The smallest absolute Gasteiger partial charge is 0.409 e. The summed E-state index contributed by atoms with van der Waals surface area (Å²) in [5.74, 6) is -0.0262. The number of carbonyl (C=O) groups excluding carboxylic acids is 2. The molecule has 0 atom stereocenters. The fourth-order valence-corrected chi connectivity index (χ4v) is 4.22. The highest BCUT2D eigenvalue weighted by molar-refractivity contribution is 7.92. The molecule has 0 aliphatic carbocycles. The number of ether oxygens (including phenoxy) is 1. The minimum Gasteiger partial charge on any atom is -0.450 e. The van der Waals surface area contributed by atoms with Crippen molar-refractivity contribution in [1.82, 2.24) is 9.80 Å². The summed E-state index contributed by atoms with van der Waals surface area (Å²) < 4.78 is 30.7. The Labute approximate surface area is 167 Å². The van der Waals surface area contributed by atoms with Crippen LogP contribution in [0, 0.1) is 6.92 Å². The zero-order valence-corrected chi connectivity index (χ0v) is 17.6. The standard InChI is InChI=1S/C19H29N3O5S/c1-4-27-19(24)21-14-12-20(13-15-21)18(23)10-7-11-22(28(3,25)26)17-9-6-5-8-16(17)2/h5-6,8-9H,4,7,10-15H2,1-3H3. The fourth-order valence-electron chi connectivity index (χ4n) is 3.19. The second-order valence-corrected chi connectivity index (χ2v) is 8.70. The molecule has 156 valence electrons. The lowest BCUT2D eigenvalue weighted by Gasteiger charge is -2.34. The van der Waals surface area contributed by atoms with Crippen LogP contribution < -0.4 is 4.31 Å². The maximum atomic E-state index is 12.5. The summed E-state index contributed by atoms with van der Waals surface area (Å²) in [5, 5.41) is 0. The number of anilines is 1. The lowest BCUT2D eigenvalue weighted by atomic mass is 10.2. The van der Waals surface area contributed by atoms with Gasteiger partial charge in [-0.25, -0.2) is 13.2 Å². The molecule has 0 saturated carbocycles. The molecule has 2 amide bonds. The van der Waals surface area contributed by atoms with E-state index in [1.165, 1.54) is 10.6 Å². The number of hydrogen-bond donors (Lipinski definition) is 0. The van der Waals surface area contributed by atoms with Crippen LogP contribution >= 0.6 is 0 Å². The molecule has 0 N–H and O–H groups in total. The first-order valence-electron chi connectivity index (χ1n) is 9.47. The molecule has 0 radical (unpaired) electrons. The van der Waals surface area contributed by atoms with Gasteiger partial charge in [0.1, 0.15) is 0 Å². The Morgan fingerprint density at radius 1 is 1.11 bits per heavy atom. The largest absolute Gasteiger partial charge is 0.450 e. The van der Waals surface area contributed by atoms with Crippen LogP contribution in [-0.4, -0.2) is 75.8 Å². The van der Waals surface area contributed by atoms with E-state index in [-0.39, 0.29) is 25.0 Å². The van der Waals surface area contributed by atoms with E-state index in [9.17, 15) is 18.0 Å². The number of carbonyl (C=O) groups is 2. The second-order valence-electron chi connectivity index (χ2n) is 6.79. The quantitative estimate of drug-likeness (QED) is 0.683. The van der Waals surface area contributed by atoms with Gasteiger partial charge in [0.25, 0.3) is 0 Å². The van der Waals surface area contributed by atoms with Crippen molar-refractivity contribution in [3.8, 4) is 0 Å². The van der Waals surface area contributed by atoms with E-state index in [1.807, 2.05) is 19.1 Å². The minimum absolute atomic E-state index is 0.0262. The average Bonchev–Trinajstić information content (AvgIpc) is 2.65. The Kier molecular flexibility index (Phi) is 7.68. The third kappa shape index (κ3) is 5.85. The number of aryl methyl sites for hydroxylation is 1. The van der Waals surface area contributed by atoms with Crippen molar-refractivity contribution in [3.05, 3.63) is 29.8 Å². The van der Waals surface area contributed by atoms with E-state index in [2.05, 4.69) is 0 Å². The molecule has 1 aromatic carbocycles. The van der Waals surface area contributed by atoms with Gasteiger partial charge in [-0.1, -0.05) is 18.2 Å². The number of sulfonamides is 1. The highest BCUT2D eigenvalue weighted by Crippen LogP contribution is 2.22. The minimum atomic E-state index is -3.44. The van der Waals surface area contributed by atoms with E-state index in [4.69, 9.17) is 4.74 Å². The van der Waals surface area contributed by atoms with Gasteiger partial charge in [-0.2, -0.15) is 0 Å². The normalized spacial score (nSPS) is 14.7. The van der Waals surface area contributed by atoms with Crippen LogP contribution in [0.4, 0.5) is 10.5 Å². The summed E-state index contributed by atoms with van der Waals surface area (Å²) in [6, 6.07) is 7.29. The van der Waals surface area contributed by atoms with Crippen molar-refractivity contribution in [3.63, 3.8) is 0 Å². The maximum Gasteiger partial charge on any atom is 0.409 e. The predicted molar refractivity (Wildman–Crippen MR) is 108 cm³/mol. The molecule has 8 nitrogen and oxygen atoms in total. The average molecular weight is 412 g/mol. The number of benzene rings is 1. The van der Waals surface area contributed by atoms with Crippen LogP contribution in [0.5, 0.6) is 0 Å². The first-order chi connectivity index (χ1) is 13.2. The summed E-state index contributed by atoms with van der Waals surface area (Å²) in [7, 11) is -3.44. The van der Waals surface area contributed by atoms with Crippen molar-refractivity contribution < 1.29 is 22.7 Å². The second kappa shape index (κ2) is 9.77. The number of hydrogen-bond acceptors (Lipinski definition) is 5. The molecule has 1 aliphatic heterocycles. The van der Waals surface area contributed by atoms with Crippen molar-refractivity contribution in [2.75, 3.05) is 49.9 Å². The van der Waals surface area contributed by atoms with E-state index < -0.39 is 10.0 Å². The van der Waals surface area contributed by atoms with Gasteiger partial charge in [-0.05, 0) is 31.9 Å². The van der Waals surface area contributed by atoms with Gasteiger partial charge in [0, 0.05) is 39.1 Å². The molecule has 9 heteroatoms. The molecule has 0 aromatic heterocycles. The van der Waals surface area contributed by atoms with Gasteiger partial charge in [-0.3, -0.25) is 9.10 Å². The van der Waals surface area contributed by atoms with E-state index >= 15 is 0 Å². The van der Waals surface area contributed by atoms with Crippen LogP contribution in [0.25, 0.3) is 0 Å².